The summed E-state index contributed by atoms with van der Waals surface area (Å²) in [6.45, 7) is 3.96. The molecule has 0 spiro atoms. The van der Waals surface area contributed by atoms with E-state index in [-0.39, 0.29) is 25.6 Å². The number of rotatable bonds is 51. The van der Waals surface area contributed by atoms with Crippen LogP contribution >= 0.6 is 0 Å². The summed E-state index contributed by atoms with van der Waals surface area (Å²) in [6.07, 6.45) is 78.9. The van der Waals surface area contributed by atoms with Crippen LogP contribution in [0.2, 0.25) is 0 Å². The van der Waals surface area contributed by atoms with Gasteiger partial charge in [0.15, 0.2) is 6.10 Å². The summed E-state index contributed by atoms with van der Waals surface area (Å²) in [7, 11) is 0. The van der Waals surface area contributed by atoms with E-state index in [0.717, 1.165) is 57.8 Å². The van der Waals surface area contributed by atoms with E-state index < -0.39 is 12.1 Å². The largest absolute Gasteiger partial charge is 0.462 e. The monoisotopic (exact) mass is 919 g/mol. The molecule has 0 saturated heterocycles. The van der Waals surface area contributed by atoms with Crippen molar-refractivity contribution in [1.29, 1.82) is 0 Å². The highest BCUT2D eigenvalue weighted by Gasteiger charge is 2.15. The van der Waals surface area contributed by atoms with Gasteiger partial charge >= 0.3 is 11.9 Å². The standard InChI is InChI=1S/C61H106O5/c1-3-5-7-9-11-13-15-17-18-19-20-21-22-23-24-25-26-27-28-29-30-31-32-33-34-35-36-37-38-39-40-41-42-44-45-47-49-51-53-55-60(63)65-58-59(57-62)66-61(64)56-54-52-50-48-46-43-16-14-12-10-8-6-4-2/h6,8,12,14-15,17,19-20,22-23,43,46,50,52,59,62H,3-5,7,9-11,13,16,18,21,24-42,44-45,47-49,51,53-58H2,1-2H3/b8-6-,14-12-,17-15-,20-19-,23-22-,46-43-,52-50-. The molecule has 0 heterocycles. The molecular formula is C61H106O5. The maximum Gasteiger partial charge on any atom is 0.306 e. The lowest BCUT2D eigenvalue weighted by Gasteiger charge is -2.15. The van der Waals surface area contributed by atoms with Gasteiger partial charge in [-0.05, 0) is 77.0 Å². The SMILES string of the molecule is CC/C=C\C/C=C\C/C=C\C/C=C\CCC(=O)OC(CO)COC(=O)CCCCCCCCCCCCCCCCCCCCCCCCCC/C=C\C/C=C\C/C=C\CCCCCCC. The Morgan fingerprint density at radius 1 is 0.364 bits per heavy atom. The van der Waals surface area contributed by atoms with E-state index in [1.54, 1.807) is 0 Å². The van der Waals surface area contributed by atoms with Crippen molar-refractivity contribution >= 4 is 11.9 Å². The molecule has 0 aliphatic rings. The summed E-state index contributed by atoms with van der Waals surface area (Å²) in [6, 6.07) is 0. The van der Waals surface area contributed by atoms with Crippen molar-refractivity contribution in [2.75, 3.05) is 13.2 Å². The van der Waals surface area contributed by atoms with Gasteiger partial charge in [0.2, 0.25) is 0 Å². The fourth-order valence-corrected chi connectivity index (χ4v) is 7.99. The van der Waals surface area contributed by atoms with Gasteiger partial charge in [-0.15, -0.1) is 0 Å². The highest BCUT2D eigenvalue weighted by Crippen LogP contribution is 2.17. The molecule has 1 N–H and O–H groups in total. The van der Waals surface area contributed by atoms with Gasteiger partial charge in [-0.25, -0.2) is 0 Å². The zero-order valence-electron chi connectivity index (χ0n) is 43.4. The highest BCUT2D eigenvalue weighted by molar-refractivity contribution is 5.70. The molecule has 0 aliphatic heterocycles. The molecular weight excluding hydrogens is 813 g/mol. The van der Waals surface area contributed by atoms with Crippen LogP contribution in [-0.4, -0.2) is 36.4 Å². The Morgan fingerprint density at radius 2 is 0.682 bits per heavy atom. The summed E-state index contributed by atoms with van der Waals surface area (Å²) < 4.78 is 10.6. The van der Waals surface area contributed by atoms with Gasteiger partial charge in [-0.2, -0.15) is 0 Å². The first kappa shape index (κ1) is 63.1. The smallest absolute Gasteiger partial charge is 0.306 e. The number of esters is 2. The minimum Gasteiger partial charge on any atom is -0.462 e. The first-order chi connectivity index (χ1) is 32.6. The average Bonchev–Trinajstić information content (AvgIpc) is 3.32. The van der Waals surface area contributed by atoms with E-state index >= 15 is 0 Å². The first-order valence-electron chi connectivity index (χ1n) is 28.1. The predicted molar refractivity (Wildman–Crippen MR) is 288 cm³/mol. The number of ether oxygens (including phenoxy) is 2. The Bertz CT molecular complexity index is 1220. The molecule has 0 aromatic carbocycles. The van der Waals surface area contributed by atoms with Crippen LogP contribution in [0.3, 0.4) is 0 Å². The lowest BCUT2D eigenvalue weighted by molar-refractivity contribution is -0.161. The molecule has 0 radical (unpaired) electrons. The highest BCUT2D eigenvalue weighted by atomic mass is 16.6. The fraction of sp³-hybridized carbons (Fsp3) is 0.738. The van der Waals surface area contributed by atoms with Crippen molar-refractivity contribution in [1.82, 2.24) is 0 Å². The third-order valence-corrected chi connectivity index (χ3v) is 12.2. The molecule has 66 heavy (non-hydrogen) atoms. The van der Waals surface area contributed by atoms with Crippen LogP contribution in [-0.2, 0) is 19.1 Å². The number of aliphatic hydroxyl groups excluding tert-OH is 1. The number of carbonyl (C=O) groups is 2. The fourth-order valence-electron chi connectivity index (χ4n) is 7.99. The van der Waals surface area contributed by atoms with Crippen LogP contribution in [0.15, 0.2) is 85.1 Å². The molecule has 0 fully saturated rings. The predicted octanol–water partition coefficient (Wildman–Crippen LogP) is 19.0. The van der Waals surface area contributed by atoms with Gasteiger partial charge < -0.3 is 14.6 Å². The average molecular weight is 920 g/mol. The van der Waals surface area contributed by atoms with Crippen LogP contribution in [0.5, 0.6) is 0 Å². The maximum absolute atomic E-state index is 12.2. The summed E-state index contributed by atoms with van der Waals surface area (Å²) in [4.78, 5) is 24.3. The molecule has 5 heteroatoms. The molecule has 0 aromatic heterocycles. The Labute approximate surface area is 409 Å². The van der Waals surface area contributed by atoms with Gasteiger partial charge in [0.25, 0.3) is 0 Å². The molecule has 380 valence electrons. The van der Waals surface area contributed by atoms with Gasteiger partial charge in [-0.1, -0.05) is 266 Å². The Hall–Kier alpha value is -2.92. The summed E-state index contributed by atoms with van der Waals surface area (Å²) in [5.41, 5.74) is 0. The number of hydrogen-bond acceptors (Lipinski definition) is 5. The second-order valence-corrected chi connectivity index (χ2v) is 18.6. The van der Waals surface area contributed by atoms with Crippen LogP contribution in [0.4, 0.5) is 0 Å². The minimum absolute atomic E-state index is 0.0952. The molecule has 1 unspecified atom stereocenters. The van der Waals surface area contributed by atoms with Crippen LogP contribution in [0, 0.1) is 0 Å². The van der Waals surface area contributed by atoms with Crippen molar-refractivity contribution in [3.63, 3.8) is 0 Å². The maximum atomic E-state index is 12.2. The van der Waals surface area contributed by atoms with Gasteiger partial charge in [-0.3, -0.25) is 9.59 Å². The van der Waals surface area contributed by atoms with Gasteiger partial charge in [0.05, 0.1) is 6.61 Å². The van der Waals surface area contributed by atoms with E-state index in [1.807, 2.05) is 12.2 Å². The third-order valence-electron chi connectivity index (χ3n) is 12.2. The molecule has 5 nitrogen and oxygen atoms in total. The Balaban J connectivity index is 3.42. The number of allylic oxidation sites excluding steroid dienone is 14. The Kier molecular flexibility index (Phi) is 53.9. The van der Waals surface area contributed by atoms with Crippen molar-refractivity contribution in [2.45, 2.75) is 277 Å². The summed E-state index contributed by atoms with van der Waals surface area (Å²) in [5.74, 6) is -0.681. The number of hydrogen-bond donors (Lipinski definition) is 1. The van der Waals surface area contributed by atoms with Crippen LogP contribution in [0.25, 0.3) is 0 Å². The van der Waals surface area contributed by atoms with E-state index in [1.165, 1.54) is 180 Å². The summed E-state index contributed by atoms with van der Waals surface area (Å²) >= 11 is 0. The number of aliphatic hydroxyl groups is 1. The van der Waals surface area contributed by atoms with Crippen LogP contribution < -0.4 is 0 Å². The zero-order valence-corrected chi connectivity index (χ0v) is 43.4. The van der Waals surface area contributed by atoms with Gasteiger partial charge in [0, 0.05) is 12.8 Å². The lowest BCUT2D eigenvalue weighted by atomic mass is 10.0. The molecule has 0 bridgehead atoms. The first-order valence-corrected chi connectivity index (χ1v) is 28.1. The van der Waals surface area contributed by atoms with Crippen molar-refractivity contribution < 1.29 is 24.2 Å². The topological polar surface area (TPSA) is 72.8 Å². The van der Waals surface area contributed by atoms with Gasteiger partial charge in [0.1, 0.15) is 6.61 Å². The molecule has 0 saturated carbocycles. The Morgan fingerprint density at radius 3 is 1.05 bits per heavy atom. The molecule has 0 amide bonds. The zero-order chi connectivity index (χ0) is 47.7. The van der Waals surface area contributed by atoms with E-state index in [0.29, 0.717) is 12.8 Å². The molecule has 0 rings (SSSR count). The minimum atomic E-state index is -0.811. The van der Waals surface area contributed by atoms with E-state index in [9.17, 15) is 14.7 Å². The van der Waals surface area contributed by atoms with E-state index in [4.69, 9.17) is 9.47 Å². The normalized spacial score (nSPS) is 12.8. The molecule has 0 aliphatic carbocycles. The van der Waals surface area contributed by atoms with E-state index in [2.05, 4.69) is 86.8 Å². The van der Waals surface area contributed by atoms with Crippen molar-refractivity contribution in [2.24, 2.45) is 0 Å². The number of carbonyl (C=O) groups excluding carboxylic acids is 2. The second kappa shape index (κ2) is 56.4. The quantitative estimate of drug-likeness (QED) is 0.0374. The summed E-state index contributed by atoms with van der Waals surface area (Å²) in [5, 5.41) is 9.59. The second-order valence-electron chi connectivity index (χ2n) is 18.6. The van der Waals surface area contributed by atoms with Crippen molar-refractivity contribution in [3.05, 3.63) is 85.1 Å². The third kappa shape index (κ3) is 53.7. The number of unbranched alkanes of at least 4 members (excludes halogenated alkanes) is 29. The lowest BCUT2D eigenvalue weighted by Crippen LogP contribution is -2.28. The molecule has 0 aromatic rings. The molecule has 1 atom stereocenters. The van der Waals surface area contributed by atoms with Crippen molar-refractivity contribution in [3.8, 4) is 0 Å². The van der Waals surface area contributed by atoms with Crippen LogP contribution in [0.1, 0.15) is 271 Å².